The number of amides is 2. The van der Waals surface area contributed by atoms with Gasteiger partial charge in [0, 0.05) is 17.3 Å². The second-order valence-corrected chi connectivity index (χ2v) is 9.37. The maximum Gasteiger partial charge on any atom is 0.416 e. The molecule has 2 N–H and O–H groups in total. The predicted octanol–water partition coefficient (Wildman–Crippen LogP) is 7.02. The summed E-state index contributed by atoms with van der Waals surface area (Å²) in [6.45, 7) is 0.191. The van der Waals surface area contributed by atoms with Gasteiger partial charge in [-0.05, 0) is 71.0 Å². The molecule has 39 heavy (non-hydrogen) atoms. The molecule has 1 aliphatic carbocycles. The van der Waals surface area contributed by atoms with Gasteiger partial charge in [-0.3, -0.25) is 4.79 Å². The third-order valence-corrected chi connectivity index (χ3v) is 6.63. The molecule has 0 saturated heterocycles. The van der Waals surface area contributed by atoms with E-state index in [2.05, 4.69) is 10.6 Å². The summed E-state index contributed by atoms with van der Waals surface area (Å²) in [7, 11) is 0. The zero-order valence-corrected chi connectivity index (χ0v) is 20.8. The first kappa shape index (κ1) is 26.0. The van der Waals surface area contributed by atoms with Crippen LogP contribution in [0.15, 0.2) is 97.1 Å². The molecule has 8 heteroatoms. The van der Waals surface area contributed by atoms with E-state index < -0.39 is 17.8 Å². The van der Waals surface area contributed by atoms with Crippen LogP contribution in [0.4, 0.5) is 23.7 Å². The molecule has 198 valence electrons. The number of ether oxygens (including phenoxy) is 1. The van der Waals surface area contributed by atoms with E-state index in [-0.39, 0.29) is 18.6 Å². The van der Waals surface area contributed by atoms with Crippen molar-refractivity contribution in [3.05, 3.63) is 125 Å². The molecule has 4 aromatic carbocycles. The van der Waals surface area contributed by atoms with Crippen LogP contribution in [0, 0.1) is 0 Å². The molecule has 2 amide bonds. The van der Waals surface area contributed by atoms with Gasteiger partial charge in [0.1, 0.15) is 6.61 Å². The molecule has 0 fully saturated rings. The third kappa shape index (κ3) is 6.29. The van der Waals surface area contributed by atoms with Crippen molar-refractivity contribution in [2.75, 3.05) is 5.32 Å². The van der Waals surface area contributed by atoms with Crippen molar-refractivity contribution in [3.63, 3.8) is 0 Å². The molecule has 0 radical (unpaired) electrons. The summed E-state index contributed by atoms with van der Waals surface area (Å²) in [5, 5.41) is 5.80. The van der Waals surface area contributed by atoms with Crippen LogP contribution >= 0.6 is 0 Å². The van der Waals surface area contributed by atoms with E-state index in [4.69, 9.17) is 4.74 Å². The number of benzene rings is 4. The molecule has 0 saturated carbocycles. The van der Waals surface area contributed by atoms with Crippen molar-refractivity contribution in [2.24, 2.45) is 0 Å². The molecular formula is C31H25F3N2O3. The van der Waals surface area contributed by atoms with E-state index in [1.807, 2.05) is 42.5 Å². The van der Waals surface area contributed by atoms with Crippen LogP contribution in [0.1, 0.15) is 32.6 Å². The third-order valence-electron chi connectivity index (χ3n) is 6.63. The molecule has 1 aliphatic rings. The van der Waals surface area contributed by atoms with Crippen molar-refractivity contribution < 1.29 is 27.5 Å². The molecule has 0 spiro atoms. The minimum absolute atomic E-state index is 0.116. The van der Waals surface area contributed by atoms with Gasteiger partial charge in [-0.1, -0.05) is 66.7 Å². The topological polar surface area (TPSA) is 67.4 Å². The van der Waals surface area contributed by atoms with Gasteiger partial charge < -0.3 is 15.4 Å². The number of nitrogens with one attached hydrogen (secondary N) is 2. The molecule has 1 atom stereocenters. The van der Waals surface area contributed by atoms with E-state index in [9.17, 15) is 22.8 Å². The molecule has 0 bridgehead atoms. The zero-order chi connectivity index (χ0) is 27.4. The number of carbonyl (C=O) groups is 2. The Kier molecular flexibility index (Phi) is 7.36. The Labute approximate surface area is 223 Å². The fourth-order valence-electron chi connectivity index (χ4n) is 4.70. The highest BCUT2D eigenvalue weighted by atomic mass is 19.4. The molecule has 0 heterocycles. The molecule has 0 aliphatic heterocycles. The smallest absolute Gasteiger partial charge is 0.416 e. The number of rotatable bonds is 6. The van der Waals surface area contributed by atoms with Crippen LogP contribution in [-0.2, 0) is 30.4 Å². The van der Waals surface area contributed by atoms with Crippen LogP contribution in [0.25, 0.3) is 11.1 Å². The van der Waals surface area contributed by atoms with Gasteiger partial charge in [-0.2, -0.15) is 13.2 Å². The van der Waals surface area contributed by atoms with Crippen LogP contribution < -0.4 is 10.6 Å². The average Bonchev–Trinajstić information content (AvgIpc) is 3.33. The lowest BCUT2D eigenvalue weighted by Gasteiger charge is -2.13. The molecule has 5 rings (SSSR count). The quantitative estimate of drug-likeness (QED) is 0.282. The molecule has 5 nitrogen and oxygen atoms in total. The normalized spacial score (nSPS) is 14.4. The summed E-state index contributed by atoms with van der Waals surface area (Å²) in [5.41, 5.74) is 4.22. The number of anilines is 1. The summed E-state index contributed by atoms with van der Waals surface area (Å²) in [5.74, 6) is -0.373. The van der Waals surface area contributed by atoms with Gasteiger partial charge >= 0.3 is 12.3 Å². The van der Waals surface area contributed by atoms with Gasteiger partial charge in [0.05, 0.1) is 5.56 Å². The minimum Gasteiger partial charge on any atom is -0.445 e. The Morgan fingerprint density at radius 2 is 1.51 bits per heavy atom. The summed E-state index contributed by atoms with van der Waals surface area (Å²) in [6.07, 6.45) is -3.66. The number of carbonyl (C=O) groups excluding carboxylic acids is 2. The highest BCUT2D eigenvalue weighted by molar-refractivity contribution is 6.08. The standard InChI is InChI=1S/C31H25F3N2O3/c32-31(33,34)24-13-10-21(11-14-24)27-8-4-5-9-28(27)29(37)35-25-15-12-22-16-26(18-23(22)17-25)36-30(38)39-19-20-6-2-1-3-7-20/h1-15,17,26H,16,18-19H2,(H,35,37)(H,36,38). The van der Waals surface area contributed by atoms with Gasteiger partial charge in [-0.15, -0.1) is 0 Å². The van der Waals surface area contributed by atoms with Crippen molar-refractivity contribution >= 4 is 17.7 Å². The highest BCUT2D eigenvalue weighted by Gasteiger charge is 2.30. The first-order chi connectivity index (χ1) is 18.8. The van der Waals surface area contributed by atoms with Crippen LogP contribution in [0.5, 0.6) is 0 Å². The second-order valence-electron chi connectivity index (χ2n) is 9.37. The second kappa shape index (κ2) is 11.0. The largest absolute Gasteiger partial charge is 0.445 e. The average molecular weight is 531 g/mol. The predicted molar refractivity (Wildman–Crippen MR) is 142 cm³/mol. The summed E-state index contributed by atoms with van der Waals surface area (Å²) in [4.78, 5) is 25.4. The Bertz CT molecular complexity index is 1490. The molecule has 0 aromatic heterocycles. The Balaban J connectivity index is 1.22. The van der Waals surface area contributed by atoms with Crippen molar-refractivity contribution in [1.82, 2.24) is 5.32 Å². The van der Waals surface area contributed by atoms with E-state index >= 15 is 0 Å². The zero-order valence-electron chi connectivity index (χ0n) is 20.8. The number of alkyl halides is 3. The monoisotopic (exact) mass is 530 g/mol. The summed E-state index contributed by atoms with van der Waals surface area (Å²) in [6, 6.07) is 26.4. The molecular weight excluding hydrogens is 505 g/mol. The Morgan fingerprint density at radius 3 is 2.26 bits per heavy atom. The highest BCUT2D eigenvalue weighted by Crippen LogP contribution is 2.32. The van der Waals surface area contributed by atoms with E-state index in [1.165, 1.54) is 12.1 Å². The van der Waals surface area contributed by atoms with E-state index in [0.717, 1.165) is 28.8 Å². The minimum atomic E-state index is -4.43. The number of hydrogen-bond acceptors (Lipinski definition) is 3. The summed E-state index contributed by atoms with van der Waals surface area (Å²) >= 11 is 0. The van der Waals surface area contributed by atoms with Crippen LogP contribution in [0.2, 0.25) is 0 Å². The number of hydrogen-bond donors (Lipinski definition) is 2. The van der Waals surface area contributed by atoms with Gasteiger partial charge in [0.2, 0.25) is 0 Å². The van der Waals surface area contributed by atoms with E-state index in [0.29, 0.717) is 35.2 Å². The van der Waals surface area contributed by atoms with E-state index in [1.54, 1.807) is 30.3 Å². The SMILES string of the molecule is O=C(NC1Cc2ccc(NC(=O)c3ccccc3-c3ccc(C(F)(F)F)cc3)cc2C1)OCc1ccccc1. The van der Waals surface area contributed by atoms with Crippen molar-refractivity contribution in [1.29, 1.82) is 0 Å². The Hall–Kier alpha value is -4.59. The Morgan fingerprint density at radius 1 is 0.821 bits per heavy atom. The first-order valence-corrected chi connectivity index (χ1v) is 12.4. The van der Waals surface area contributed by atoms with Crippen LogP contribution in [0.3, 0.4) is 0 Å². The lowest BCUT2D eigenvalue weighted by Crippen LogP contribution is -2.35. The number of alkyl carbamates (subject to hydrolysis) is 1. The molecule has 4 aromatic rings. The fourth-order valence-corrected chi connectivity index (χ4v) is 4.70. The maximum absolute atomic E-state index is 13.2. The van der Waals surface area contributed by atoms with Gasteiger partial charge in [0.25, 0.3) is 5.91 Å². The lowest BCUT2D eigenvalue weighted by molar-refractivity contribution is -0.137. The van der Waals surface area contributed by atoms with Gasteiger partial charge in [-0.25, -0.2) is 4.79 Å². The lowest BCUT2D eigenvalue weighted by atomic mass is 9.98. The van der Waals surface area contributed by atoms with Gasteiger partial charge in [0.15, 0.2) is 0 Å². The fraction of sp³-hybridized carbons (Fsp3) is 0.161. The van der Waals surface area contributed by atoms with Crippen molar-refractivity contribution in [3.8, 4) is 11.1 Å². The van der Waals surface area contributed by atoms with Crippen LogP contribution in [-0.4, -0.2) is 18.0 Å². The molecule has 1 unspecified atom stereocenters. The van der Waals surface area contributed by atoms with Crippen molar-refractivity contribution in [2.45, 2.75) is 31.7 Å². The first-order valence-electron chi connectivity index (χ1n) is 12.4. The number of fused-ring (bicyclic) bond motifs is 1. The maximum atomic E-state index is 13.2. The number of halogens is 3. The summed E-state index contributed by atoms with van der Waals surface area (Å²) < 4.78 is 44.2.